The lowest BCUT2D eigenvalue weighted by Gasteiger charge is -2.16. The molecule has 21 heavy (non-hydrogen) atoms. The van der Waals surface area contributed by atoms with Crippen LogP contribution in [0.3, 0.4) is 0 Å². The van der Waals surface area contributed by atoms with Gasteiger partial charge in [-0.1, -0.05) is 12.1 Å². The average Bonchev–Trinajstić information content (AvgIpc) is 2.93. The van der Waals surface area contributed by atoms with Crippen LogP contribution in [0.15, 0.2) is 24.3 Å². The molecule has 0 saturated heterocycles. The Kier molecular flexibility index (Phi) is 3.92. The number of hydrogen-bond donors (Lipinski definition) is 0. The quantitative estimate of drug-likeness (QED) is 0.869. The van der Waals surface area contributed by atoms with Crippen LogP contribution >= 0.6 is 11.3 Å². The van der Waals surface area contributed by atoms with Crippen LogP contribution in [-0.2, 0) is 13.0 Å². The molecule has 1 heterocycles. The van der Waals surface area contributed by atoms with Crippen molar-refractivity contribution in [1.29, 1.82) is 0 Å². The summed E-state index contributed by atoms with van der Waals surface area (Å²) < 4.78 is 5.25. The Labute approximate surface area is 128 Å². The largest absolute Gasteiger partial charge is 0.497 e. The Balaban J connectivity index is 1.79. The number of nitrogens with zero attached hydrogens (tertiary/aromatic N) is 2. The Hall–Kier alpha value is -1.88. The van der Waals surface area contributed by atoms with E-state index in [4.69, 9.17) is 4.74 Å². The van der Waals surface area contributed by atoms with Gasteiger partial charge >= 0.3 is 0 Å². The zero-order valence-electron chi connectivity index (χ0n) is 12.3. The molecular formula is C16H18N2O2S. The van der Waals surface area contributed by atoms with Gasteiger partial charge in [-0.2, -0.15) is 0 Å². The molecule has 0 bridgehead atoms. The molecule has 0 spiro atoms. The molecule has 0 radical (unpaired) electrons. The summed E-state index contributed by atoms with van der Waals surface area (Å²) in [7, 11) is 3.68. The fraction of sp³-hybridized carbons (Fsp3) is 0.375. The molecule has 0 saturated carbocycles. The molecule has 0 aliphatic heterocycles. The highest BCUT2D eigenvalue weighted by Crippen LogP contribution is 2.32. The third-order valence-electron chi connectivity index (χ3n) is 3.64. The summed E-state index contributed by atoms with van der Waals surface area (Å²) in [5.41, 5.74) is 1.86. The number of hydrogen-bond acceptors (Lipinski definition) is 5. The maximum Gasteiger partial charge on any atom is 0.186 e. The number of aryl methyl sites for hydroxylation is 1. The maximum atomic E-state index is 11.9. The predicted molar refractivity (Wildman–Crippen MR) is 84.5 cm³/mol. The minimum atomic E-state index is 0.188. The monoisotopic (exact) mass is 302 g/mol. The first-order valence-corrected chi connectivity index (χ1v) is 7.86. The minimum Gasteiger partial charge on any atom is -0.497 e. The molecule has 2 aromatic rings. The van der Waals surface area contributed by atoms with Crippen molar-refractivity contribution in [2.24, 2.45) is 0 Å². The first-order valence-electron chi connectivity index (χ1n) is 7.04. The van der Waals surface area contributed by atoms with E-state index in [9.17, 15) is 4.79 Å². The molecule has 0 amide bonds. The van der Waals surface area contributed by atoms with Gasteiger partial charge in [0.15, 0.2) is 10.9 Å². The van der Waals surface area contributed by atoms with E-state index in [0.29, 0.717) is 12.1 Å². The summed E-state index contributed by atoms with van der Waals surface area (Å²) in [5, 5.41) is 0.915. The van der Waals surface area contributed by atoms with Crippen molar-refractivity contribution in [3.05, 3.63) is 40.4 Å². The van der Waals surface area contributed by atoms with E-state index >= 15 is 0 Å². The fourth-order valence-corrected chi connectivity index (χ4v) is 3.61. The Morgan fingerprint density at radius 1 is 1.38 bits per heavy atom. The van der Waals surface area contributed by atoms with Crippen molar-refractivity contribution in [3.8, 4) is 5.75 Å². The van der Waals surface area contributed by atoms with Crippen molar-refractivity contribution >= 4 is 22.3 Å². The number of fused-ring (bicyclic) bond motifs is 1. The normalized spacial score (nSPS) is 13.9. The minimum absolute atomic E-state index is 0.188. The zero-order chi connectivity index (χ0) is 14.8. The van der Waals surface area contributed by atoms with Crippen LogP contribution in [0, 0.1) is 0 Å². The Morgan fingerprint density at radius 3 is 3.00 bits per heavy atom. The molecule has 1 aliphatic carbocycles. The van der Waals surface area contributed by atoms with E-state index in [1.54, 1.807) is 18.4 Å². The number of benzene rings is 1. The van der Waals surface area contributed by atoms with Crippen molar-refractivity contribution in [1.82, 2.24) is 4.98 Å². The van der Waals surface area contributed by atoms with E-state index < -0.39 is 0 Å². The molecule has 0 atom stereocenters. The van der Waals surface area contributed by atoms with Crippen LogP contribution in [-0.4, -0.2) is 24.9 Å². The van der Waals surface area contributed by atoms with E-state index in [0.717, 1.165) is 40.7 Å². The number of rotatable bonds is 4. The molecule has 5 heteroatoms. The van der Waals surface area contributed by atoms with Gasteiger partial charge in [-0.25, -0.2) is 4.98 Å². The molecule has 4 nitrogen and oxygen atoms in total. The van der Waals surface area contributed by atoms with Crippen LogP contribution in [0.5, 0.6) is 5.75 Å². The van der Waals surface area contributed by atoms with E-state index in [1.807, 2.05) is 25.2 Å². The lowest BCUT2D eigenvalue weighted by Crippen LogP contribution is -2.16. The van der Waals surface area contributed by atoms with Crippen LogP contribution in [0.25, 0.3) is 0 Å². The van der Waals surface area contributed by atoms with E-state index in [2.05, 4.69) is 16.0 Å². The lowest BCUT2D eigenvalue weighted by atomic mass is 10.0. The van der Waals surface area contributed by atoms with Gasteiger partial charge in [0.1, 0.15) is 11.4 Å². The molecule has 1 aromatic heterocycles. The number of ketones is 1. The second kappa shape index (κ2) is 5.85. The summed E-state index contributed by atoms with van der Waals surface area (Å²) in [6.07, 6.45) is 2.56. The molecular weight excluding hydrogens is 284 g/mol. The number of aromatic nitrogens is 1. The molecule has 110 valence electrons. The van der Waals surface area contributed by atoms with Gasteiger partial charge in [-0.05, 0) is 30.5 Å². The van der Waals surface area contributed by atoms with Gasteiger partial charge < -0.3 is 9.64 Å². The number of carbonyl (C=O) groups is 1. The predicted octanol–water partition coefficient (Wildman–Crippen LogP) is 3.31. The maximum absolute atomic E-state index is 11.9. The highest BCUT2D eigenvalue weighted by atomic mass is 32.1. The van der Waals surface area contributed by atoms with Crippen molar-refractivity contribution in [2.75, 3.05) is 19.1 Å². The van der Waals surface area contributed by atoms with E-state index in [-0.39, 0.29) is 5.78 Å². The van der Waals surface area contributed by atoms with Crippen LogP contribution in [0.2, 0.25) is 0 Å². The number of anilines is 1. The Bertz CT molecular complexity index is 666. The SMILES string of the molecule is COc1cccc(CN(C)c2nc3c(s2)CCCC3=O)c1. The van der Waals surface area contributed by atoms with Crippen LogP contribution < -0.4 is 9.64 Å². The van der Waals surface area contributed by atoms with Gasteiger partial charge in [0.2, 0.25) is 0 Å². The topological polar surface area (TPSA) is 42.4 Å². The second-order valence-corrected chi connectivity index (χ2v) is 6.31. The van der Waals surface area contributed by atoms with Crippen molar-refractivity contribution in [2.45, 2.75) is 25.8 Å². The zero-order valence-corrected chi connectivity index (χ0v) is 13.1. The standard InChI is InChI=1S/C16H18N2O2S/c1-18(10-11-5-3-6-12(9-11)20-2)16-17-15-13(19)7-4-8-14(15)21-16/h3,5-6,9H,4,7-8,10H2,1-2H3. The average molecular weight is 302 g/mol. The van der Waals surface area contributed by atoms with Crippen LogP contribution in [0.1, 0.15) is 33.8 Å². The second-order valence-electron chi connectivity index (χ2n) is 5.25. The lowest BCUT2D eigenvalue weighted by molar-refractivity contribution is 0.0968. The van der Waals surface area contributed by atoms with Gasteiger partial charge in [-0.15, -0.1) is 11.3 Å². The van der Waals surface area contributed by atoms with Gasteiger partial charge in [-0.3, -0.25) is 4.79 Å². The summed E-state index contributed by atoms with van der Waals surface area (Å²) in [6.45, 7) is 0.748. The number of carbonyl (C=O) groups excluding carboxylic acids is 1. The number of ether oxygens (including phenoxy) is 1. The molecule has 0 N–H and O–H groups in total. The summed E-state index contributed by atoms with van der Waals surface area (Å²) >= 11 is 1.64. The smallest absolute Gasteiger partial charge is 0.186 e. The third-order valence-corrected chi connectivity index (χ3v) is 4.87. The number of Topliss-reactive ketones (excluding diaryl/α,β-unsaturated/α-hetero) is 1. The molecule has 0 unspecified atom stereocenters. The van der Waals surface area contributed by atoms with Crippen molar-refractivity contribution in [3.63, 3.8) is 0 Å². The highest BCUT2D eigenvalue weighted by molar-refractivity contribution is 7.15. The molecule has 0 fully saturated rings. The van der Waals surface area contributed by atoms with Gasteiger partial charge in [0.05, 0.1) is 7.11 Å². The molecule has 3 rings (SSSR count). The van der Waals surface area contributed by atoms with Crippen LogP contribution in [0.4, 0.5) is 5.13 Å². The van der Waals surface area contributed by atoms with Crippen molar-refractivity contribution < 1.29 is 9.53 Å². The fourth-order valence-electron chi connectivity index (χ4n) is 2.53. The third kappa shape index (κ3) is 2.93. The molecule has 1 aliphatic rings. The first-order chi connectivity index (χ1) is 10.2. The highest BCUT2D eigenvalue weighted by Gasteiger charge is 2.23. The number of methoxy groups -OCH3 is 1. The molecule has 1 aromatic carbocycles. The summed E-state index contributed by atoms with van der Waals surface area (Å²) in [5.74, 6) is 1.04. The van der Waals surface area contributed by atoms with E-state index in [1.165, 1.54) is 0 Å². The summed E-state index contributed by atoms with van der Waals surface area (Å²) in [6, 6.07) is 8.01. The number of thiazole rings is 1. The summed E-state index contributed by atoms with van der Waals surface area (Å²) in [4.78, 5) is 19.6. The van der Waals surface area contributed by atoms with Gasteiger partial charge in [0, 0.05) is 24.9 Å². The van der Waals surface area contributed by atoms with Gasteiger partial charge in [0.25, 0.3) is 0 Å². The Morgan fingerprint density at radius 2 is 2.24 bits per heavy atom. The first kappa shape index (κ1) is 14.1.